The summed E-state index contributed by atoms with van der Waals surface area (Å²) in [6, 6.07) is 0. The standard InChI is InChI=1S/C57H84O6/c1-4-7-10-13-16-19-22-25-27-28-30-32-35-38-41-44-47-50-56(59)62-53-54(52-61-55(58)49-46-43-40-37-34-31-24-21-18-15-12-9-6-3)63-57(60)51-48-45-42-39-36-33-29-26-23-20-17-14-11-8-5-2/h7-30,32,35,54H,4-6,31,33-34,36-53H2,1-3H3/b10-7-,11-8-,12-9-,16-13-,17-14-,18-15-,22-19-,23-20-,24-21-,27-25-,29-26-,30-28+,35-32-. The van der Waals surface area contributed by atoms with Gasteiger partial charge in [-0.15, -0.1) is 0 Å². The molecule has 0 spiro atoms. The Balaban J connectivity index is 4.60. The molecule has 0 N–H and O–H groups in total. The highest BCUT2D eigenvalue weighted by Gasteiger charge is 2.19. The molecule has 0 aliphatic carbocycles. The molecule has 0 saturated heterocycles. The van der Waals surface area contributed by atoms with E-state index in [1.807, 2.05) is 91.1 Å². The third kappa shape index (κ3) is 47.9. The van der Waals surface area contributed by atoms with Crippen LogP contribution in [0, 0.1) is 0 Å². The molecule has 1 unspecified atom stereocenters. The normalized spacial score (nSPS) is 13.5. The zero-order valence-electron chi connectivity index (χ0n) is 39.5. The smallest absolute Gasteiger partial charge is 0.306 e. The molecule has 0 amide bonds. The minimum Gasteiger partial charge on any atom is -0.462 e. The molecule has 1 atom stereocenters. The molecule has 6 heteroatoms. The molecule has 348 valence electrons. The van der Waals surface area contributed by atoms with Crippen molar-refractivity contribution in [1.82, 2.24) is 0 Å². The summed E-state index contributed by atoms with van der Waals surface area (Å²) >= 11 is 0. The van der Waals surface area contributed by atoms with Crippen molar-refractivity contribution < 1.29 is 28.6 Å². The van der Waals surface area contributed by atoms with E-state index in [4.69, 9.17) is 14.2 Å². The second-order valence-electron chi connectivity index (χ2n) is 15.2. The van der Waals surface area contributed by atoms with Crippen LogP contribution in [0.25, 0.3) is 0 Å². The van der Waals surface area contributed by atoms with Gasteiger partial charge in [0, 0.05) is 19.3 Å². The van der Waals surface area contributed by atoms with Crippen LogP contribution in [0.3, 0.4) is 0 Å². The average molecular weight is 865 g/mol. The number of hydrogen-bond donors (Lipinski definition) is 0. The maximum absolute atomic E-state index is 12.8. The lowest BCUT2D eigenvalue weighted by Crippen LogP contribution is -2.30. The highest BCUT2D eigenvalue weighted by Crippen LogP contribution is 2.12. The fourth-order valence-electron chi connectivity index (χ4n) is 5.78. The Morgan fingerprint density at radius 2 is 0.571 bits per heavy atom. The van der Waals surface area contributed by atoms with Gasteiger partial charge in [0.25, 0.3) is 0 Å². The molecule has 0 heterocycles. The maximum Gasteiger partial charge on any atom is 0.306 e. The zero-order valence-corrected chi connectivity index (χ0v) is 39.5. The van der Waals surface area contributed by atoms with Crippen LogP contribution < -0.4 is 0 Å². The largest absolute Gasteiger partial charge is 0.462 e. The lowest BCUT2D eigenvalue weighted by molar-refractivity contribution is -0.167. The SMILES string of the molecule is CC\C=C/C=C\C=C/C=C\C=C\C=C/CCCCCC(=O)OCC(COC(=O)CCCCCCC\C=C/C=C\C=C/CC)OC(=O)CCCCCCC\C=C/C=C\C=C/C=C\CC. The second kappa shape index (κ2) is 49.7. The topological polar surface area (TPSA) is 78.9 Å². The first-order valence-corrected chi connectivity index (χ1v) is 24.2. The predicted molar refractivity (Wildman–Crippen MR) is 269 cm³/mol. The van der Waals surface area contributed by atoms with Crippen LogP contribution in [-0.4, -0.2) is 37.2 Å². The Bertz CT molecular complexity index is 1510. The fraction of sp³-hybridized carbons (Fsp3) is 0.491. The Morgan fingerprint density at radius 1 is 0.317 bits per heavy atom. The first-order chi connectivity index (χ1) is 31.0. The fourth-order valence-corrected chi connectivity index (χ4v) is 5.78. The Labute approximate surface area is 384 Å². The van der Waals surface area contributed by atoms with Gasteiger partial charge < -0.3 is 14.2 Å². The minimum atomic E-state index is -0.825. The van der Waals surface area contributed by atoms with Crippen molar-refractivity contribution in [3.05, 3.63) is 158 Å². The first-order valence-electron chi connectivity index (χ1n) is 24.2. The lowest BCUT2D eigenvalue weighted by atomic mass is 10.1. The summed E-state index contributed by atoms with van der Waals surface area (Å²) < 4.78 is 16.7. The van der Waals surface area contributed by atoms with Crippen LogP contribution in [-0.2, 0) is 28.6 Å². The number of allylic oxidation sites excluding steroid dienone is 26. The molecule has 0 aromatic heterocycles. The Kier molecular flexibility index (Phi) is 45.8. The Morgan fingerprint density at radius 3 is 0.905 bits per heavy atom. The van der Waals surface area contributed by atoms with E-state index >= 15 is 0 Å². The molecule has 0 bridgehead atoms. The van der Waals surface area contributed by atoms with Gasteiger partial charge in [-0.3, -0.25) is 14.4 Å². The molecule has 0 rings (SSSR count). The molecule has 0 aromatic carbocycles. The van der Waals surface area contributed by atoms with Crippen molar-refractivity contribution in [1.29, 1.82) is 0 Å². The zero-order chi connectivity index (χ0) is 45.8. The van der Waals surface area contributed by atoms with Crippen molar-refractivity contribution in [3.63, 3.8) is 0 Å². The molecule has 0 radical (unpaired) electrons. The van der Waals surface area contributed by atoms with E-state index in [0.29, 0.717) is 12.8 Å². The van der Waals surface area contributed by atoms with E-state index in [0.717, 1.165) is 116 Å². The first kappa shape index (κ1) is 58.0. The van der Waals surface area contributed by atoms with Gasteiger partial charge in [-0.25, -0.2) is 0 Å². The van der Waals surface area contributed by atoms with Gasteiger partial charge in [0.2, 0.25) is 0 Å². The van der Waals surface area contributed by atoms with Crippen LogP contribution in [0.4, 0.5) is 0 Å². The van der Waals surface area contributed by atoms with Gasteiger partial charge in [0.15, 0.2) is 6.10 Å². The molecular weight excluding hydrogens is 781 g/mol. The summed E-state index contributed by atoms with van der Waals surface area (Å²) in [5.74, 6) is -1.03. The van der Waals surface area contributed by atoms with Gasteiger partial charge in [-0.2, -0.15) is 0 Å². The van der Waals surface area contributed by atoms with E-state index in [1.165, 1.54) is 0 Å². The van der Waals surface area contributed by atoms with Crippen molar-refractivity contribution >= 4 is 17.9 Å². The van der Waals surface area contributed by atoms with Gasteiger partial charge in [0.05, 0.1) is 0 Å². The number of carbonyl (C=O) groups is 3. The van der Waals surface area contributed by atoms with Gasteiger partial charge in [-0.1, -0.05) is 224 Å². The molecular formula is C57H84O6. The van der Waals surface area contributed by atoms with Crippen molar-refractivity contribution in [2.75, 3.05) is 13.2 Å². The predicted octanol–water partition coefficient (Wildman–Crippen LogP) is 15.9. The van der Waals surface area contributed by atoms with Gasteiger partial charge in [-0.05, 0) is 77.0 Å². The quantitative estimate of drug-likeness (QED) is 0.0264. The number of ether oxygens (including phenoxy) is 3. The second-order valence-corrected chi connectivity index (χ2v) is 15.2. The van der Waals surface area contributed by atoms with E-state index in [-0.39, 0.29) is 44.0 Å². The van der Waals surface area contributed by atoms with Crippen molar-refractivity contribution in [2.45, 2.75) is 168 Å². The van der Waals surface area contributed by atoms with Crippen LogP contribution in [0.2, 0.25) is 0 Å². The molecule has 0 fully saturated rings. The molecule has 0 aliphatic rings. The van der Waals surface area contributed by atoms with E-state index in [9.17, 15) is 14.4 Å². The summed E-state index contributed by atoms with van der Waals surface area (Å²) in [5, 5.41) is 0. The molecule has 63 heavy (non-hydrogen) atoms. The summed E-state index contributed by atoms with van der Waals surface area (Å²) in [5.41, 5.74) is 0. The number of unbranched alkanes of at least 4 members (excludes halogenated alkanes) is 13. The van der Waals surface area contributed by atoms with E-state index < -0.39 is 6.10 Å². The highest BCUT2D eigenvalue weighted by atomic mass is 16.6. The monoisotopic (exact) mass is 865 g/mol. The van der Waals surface area contributed by atoms with Crippen LogP contribution in [0.15, 0.2) is 158 Å². The number of esters is 3. The van der Waals surface area contributed by atoms with Gasteiger partial charge in [0.1, 0.15) is 13.2 Å². The van der Waals surface area contributed by atoms with Crippen molar-refractivity contribution in [3.8, 4) is 0 Å². The molecule has 0 aromatic rings. The maximum atomic E-state index is 12.8. The van der Waals surface area contributed by atoms with Crippen molar-refractivity contribution in [2.24, 2.45) is 0 Å². The summed E-state index contributed by atoms with van der Waals surface area (Å²) in [4.78, 5) is 37.9. The lowest BCUT2D eigenvalue weighted by Gasteiger charge is -2.18. The summed E-state index contributed by atoms with van der Waals surface area (Å²) in [6.07, 6.45) is 72.2. The third-order valence-corrected chi connectivity index (χ3v) is 9.33. The minimum absolute atomic E-state index is 0.122. The summed E-state index contributed by atoms with van der Waals surface area (Å²) in [6.45, 7) is 6.10. The number of carbonyl (C=O) groups excluding carboxylic acids is 3. The van der Waals surface area contributed by atoms with Crippen LogP contribution in [0.5, 0.6) is 0 Å². The van der Waals surface area contributed by atoms with E-state index in [2.05, 4.69) is 87.6 Å². The van der Waals surface area contributed by atoms with Crippen LogP contribution in [0.1, 0.15) is 162 Å². The molecule has 0 saturated carbocycles. The number of rotatable bonds is 40. The third-order valence-electron chi connectivity index (χ3n) is 9.33. The highest BCUT2D eigenvalue weighted by molar-refractivity contribution is 5.71. The van der Waals surface area contributed by atoms with Crippen LogP contribution >= 0.6 is 0 Å². The molecule has 0 aliphatic heterocycles. The number of hydrogen-bond acceptors (Lipinski definition) is 6. The Hall–Kier alpha value is -4.97. The van der Waals surface area contributed by atoms with Gasteiger partial charge >= 0.3 is 17.9 Å². The van der Waals surface area contributed by atoms with E-state index in [1.54, 1.807) is 0 Å². The molecule has 6 nitrogen and oxygen atoms in total. The summed E-state index contributed by atoms with van der Waals surface area (Å²) in [7, 11) is 0. The average Bonchev–Trinajstić information content (AvgIpc) is 3.28.